The fourth-order valence-electron chi connectivity index (χ4n) is 3.44. The first-order chi connectivity index (χ1) is 14.0. The van der Waals surface area contributed by atoms with Crippen LogP contribution < -0.4 is 10.1 Å². The Labute approximate surface area is 170 Å². The molecule has 0 aliphatic carbocycles. The van der Waals surface area contributed by atoms with Crippen molar-refractivity contribution in [2.24, 2.45) is 0 Å². The minimum Gasteiger partial charge on any atom is -0.491 e. The van der Waals surface area contributed by atoms with Crippen LogP contribution >= 0.6 is 0 Å². The van der Waals surface area contributed by atoms with Crippen LogP contribution in [0, 0.1) is 5.82 Å². The van der Waals surface area contributed by atoms with Gasteiger partial charge in [-0.05, 0) is 55.8 Å². The Morgan fingerprint density at radius 2 is 1.86 bits per heavy atom. The van der Waals surface area contributed by atoms with Crippen LogP contribution in [0.25, 0.3) is 0 Å². The van der Waals surface area contributed by atoms with E-state index in [1.807, 2.05) is 32.2 Å². The summed E-state index contributed by atoms with van der Waals surface area (Å²) < 4.78 is 18.8. The molecule has 3 aromatic rings. The minimum atomic E-state index is -0.260. The van der Waals surface area contributed by atoms with Crippen LogP contribution in [0.2, 0.25) is 0 Å². The summed E-state index contributed by atoms with van der Waals surface area (Å²) in [7, 11) is 0. The average Bonchev–Trinajstić information content (AvgIpc) is 2.71. The predicted molar refractivity (Wildman–Crippen MR) is 112 cm³/mol. The quantitative estimate of drug-likeness (QED) is 0.659. The van der Waals surface area contributed by atoms with Crippen LogP contribution in [0.1, 0.15) is 30.7 Å². The molecule has 6 heteroatoms. The molecule has 0 unspecified atom stereocenters. The van der Waals surface area contributed by atoms with Crippen molar-refractivity contribution in [2.75, 3.05) is 11.9 Å². The Kier molecular flexibility index (Phi) is 5.71. The van der Waals surface area contributed by atoms with E-state index in [-0.39, 0.29) is 11.9 Å². The van der Waals surface area contributed by atoms with Gasteiger partial charge >= 0.3 is 0 Å². The topological polar surface area (TPSA) is 50.3 Å². The SMILES string of the molecule is CC(C)Oc1ccc(CN2CCc3nc(Nc4ccc(F)cc4)ncc3C2)cc1. The van der Waals surface area contributed by atoms with E-state index in [1.54, 1.807) is 12.1 Å². The summed E-state index contributed by atoms with van der Waals surface area (Å²) in [5, 5.41) is 3.14. The van der Waals surface area contributed by atoms with Crippen molar-refractivity contribution < 1.29 is 9.13 Å². The summed E-state index contributed by atoms with van der Waals surface area (Å²) in [6.07, 6.45) is 2.95. The van der Waals surface area contributed by atoms with Gasteiger partial charge in [-0.3, -0.25) is 4.90 Å². The molecule has 4 rings (SSSR count). The van der Waals surface area contributed by atoms with Gasteiger partial charge in [-0.2, -0.15) is 0 Å². The number of fused-ring (bicyclic) bond motifs is 1. The van der Waals surface area contributed by atoms with Crippen molar-refractivity contribution in [1.29, 1.82) is 0 Å². The predicted octanol–water partition coefficient (Wildman–Crippen LogP) is 4.70. The second-order valence-corrected chi connectivity index (χ2v) is 7.57. The lowest BCUT2D eigenvalue weighted by Gasteiger charge is -2.28. The summed E-state index contributed by atoms with van der Waals surface area (Å²) in [6, 6.07) is 14.5. The molecule has 0 bridgehead atoms. The normalized spacial score (nSPS) is 13.9. The van der Waals surface area contributed by atoms with E-state index >= 15 is 0 Å². The molecule has 1 aromatic heterocycles. The molecule has 0 fully saturated rings. The van der Waals surface area contributed by atoms with Crippen LogP contribution in [-0.4, -0.2) is 27.5 Å². The third kappa shape index (κ3) is 5.09. The van der Waals surface area contributed by atoms with E-state index in [4.69, 9.17) is 4.74 Å². The Balaban J connectivity index is 1.38. The van der Waals surface area contributed by atoms with Crippen molar-refractivity contribution in [3.8, 4) is 5.75 Å². The van der Waals surface area contributed by atoms with Gasteiger partial charge in [0.1, 0.15) is 11.6 Å². The molecule has 1 N–H and O–H groups in total. The molecule has 29 heavy (non-hydrogen) atoms. The van der Waals surface area contributed by atoms with E-state index < -0.39 is 0 Å². The van der Waals surface area contributed by atoms with E-state index in [0.717, 1.165) is 48.7 Å². The van der Waals surface area contributed by atoms with Crippen molar-refractivity contribution >= 4 is 11.6 Å². The smallest absolute Gasteiger partial charge is 0.227 e. The van der Waals surface area contributed by atoms with Gasteiger partial charge in [0.25, 0.3) is 0 Å². The van der Waals surface area contributed by atoms with Gasteiger partial charge in [-0.15, -0.1) is 0 Å². The maximum absolute atomic E-state index is 13.0. The Morgan fingerprint density at radius 3 is 2.59 bits per heavy atom. The molecule has 2 aromatic carbocycles. The second-order valence-electron chi connectivity index (χ2n) is 7.57. The highest BCUT2D eigenvalue weighted by atomic mass is 19.1. The lowest BCUT2D eigenvalue weighted by Crippen LogP contribution is -2.31. The van der Waals surface area contributed by atoms with Gasteiger partial charge in [-0.1, -0.05) is 12.1 Å². The van der Waals surface area contributed by atoms with Gasteiger partial charge in [0.05, 0.1) is 11.8 Å². The monoisotopic (exact) mass is 392 g/mol. The zero-order chi connectivity index (χ0) is 20.2. The molecule has 5 nitrogen and oxygen atoms in total. The number of nitrogens with zero attached hydrogens (tertiary/aromatic N) is 3. The minimum absolute atomic E-state index is 0.182. The number of rotatable bonds is 6. The highest BCUT2D eigenvalue weighted by Gasteiger charge is 2.18. The number of hydrogen-bond donors (Lipinski definition) is 1. The fourth-order valence-corrected chi connectivity index (χ4v) is 3.44. The Bertz CT molecular complexity index is 958. The van der Waals surface area contributed by atoms with Crippen LogP contribution in [0.4, 0.5) is 16.0 Å². The molecule has 0 spiro atoms. The largest absolute Gasteiger partial charge is 0.491 e. The molecule has 150 valence electrons. The van der Waals surface area contributed by atoms with Crippen LogP contribution in [0.3, 0.4) is 0 Å². The van der Waals surface area contributed by atoms with Crippen molar-refractivity contribution in [2.45, 2.75) is 39.5 Å². The molecule has 0 saturated heterocycles. The van der Waals surface area contributed by atoms with Gasteiger partial charge in [0.15, 0.2) is 0 Å². The maximum Gasteiger partial charge on any atom is 0.227 e. The molecule has 2 heterocycles. The maximum atomic E-state index is 13.0. The van der Waals surface area contributed by atoms with Crippen molar-refractivity contribution in [1.82, 2.24) is 14.9 Å². The molecular formula is C23H25FN4O. The standard InChI is InChI=1S/C23H25FN4O/c1-16(2)29-21-9-3-17(4-10-21)14-28-12-11-22-18(15-28)13-25-23(27-22)26-20-7-5-19(24)6-8-20/h3-10,13,16H,11-12,14-15H2,1-2H3,(H,25,26,27). The van der Waals surface area contributed by atoms with E-state index in [1.165, 1.54) is 17.7 Å². The molecule has 0 atom stereocenters. The van der Waals surface area contributed by atoms with Gasteiger partial charge in [-0.25, -0.2) is 14.4 Å². The summed E-state index contributed by atoms with van der Waals surface area (Å²) in [5.74, 6) is 1.19. The number of hydrogen-bond acceptors (Lipinski definition) is 5. The molecular weight excluding hydrogens is 367 g/mol. The third-order valence-corrected chi connectivity index (χ3v) is 4.81. The lowest BCUT2D eigenvalue weighted by atomic mass is 10.1. The number of halogens is 1. The highest BCUT2D eigenvalue weighted by Crippen LogP contribution is 2.22. The molecule has 1 aliphatic heterocycles. The summed E-state index contributed by atoms with van der Waals surface area (Å²) in [6.45, 7) is 6.72. The summed E-state index contributed by atoms with van der Waals surface area (Å²) in [5.41, 5.74) is 4.26. The van der Waals surface area contributed by atoms with E-state index in [9.17, 15) is 4.39 Å². The summed E-state index contributed by atoms with van der Waals surface area (Å²) >= 11 is 0. The van der Waals surface area contributed by atoms with Crippen molar-refractivity contribution in [3.05, 3.63) is 77.4 Å². The van der Waals surface area contributed by atoms with Gasteiger partial charge < -0.3 is 10.1 Å². The number of aromatic nitrogens is 2. The molecule has 0 amide bonds. The Morgan fingerprint density at radius 1 is 1.10 bits per heavy atom. The molecule has 0 saturated carbocycles. The van der Waals surface area contributed by atoms with E-state index in [0.29, 0.717) is 5.95 Å². The zero-order valence-electron chi connectivity index (χ0n) is 16.7. The number of ether oxygens (including phenoxy) is 1. The summed E-state index contributed by atoms with van der Waals surface area (Å²) in [4.78, 5) is 11.5. The molecule has 1 aliphatic rings. The average molecular weight is 392 g/mol. The Hall–Kier alpha value is -2.99. The van der Waals surface area contributed by atoms with Gasteiger partial charge in [0.2, 0.25) is 5.95 Å². The highest BCUT2D eigenvalue weighted by molar-refractivity contribution is 5.53. The second kappa shape index (κ2) is 8.57. The first-order valence-corrected chi connectivity index (χ1v) is 9.90. The number of anilines is 2. The van der Waals surface area contributed by atoms with Crippen LogP contribution in [0.5, 0.6) is 5.75 Å². The number of nitrogens with one attached hydrogen (secondary N) is 1. The van der Waals surface area contributed by atoms with Crippen molar-refractivity contribution in [3.63, 3.8) is 0 Å². The first-order valence-electron chi connectivity index (χ1n) is 9.90. The van der Waals surface area contributed by atoms with Crippen LogP contribution in [0.15, 0.2) is 54.7 Å². The first kappa shape index (κ1) is 19.3. The third-order valence-electron chi connectivity index (χ3n) is 4.81. The zero-order valence-corrected chi connectivity index (χ0v) is 16.7. The van der Waals surface area contributed by atoms with Gasteiger partial charge in [0, 0.05) is 43.5 Å². The van der Waals surface area contributed by atoms with E-state index in [2.05, 4.69) is 32.3 Å². The fraction of sp³-hybridized carbons (Fsp3) is 0.304. The lowest BCUT2D eigenvalue weighted by molar-refractivity contribution is 0.239. The number of benzene rings is 2. The molecule has 0 radical (unpaired) electrons. The van der Waals surface area contributed by atoms with Crippen LogP contribution in [-0.2, 0) is 19.5 Å².